The van der Waals surface area contributed by atoms with Gasteiger partial charge in [-0.25, -0.2) is 0 Å². The van der Waals surface area contributed by atoms with Crippen molar-refractivity contribution in [1.82, 2.24) is 10.2 Å². The Morgan fingerprint density at radius 1 is 1.35 bits per heavy atom. The molecule has 1 aliphatic heterocycles. The third-order valence-electron chi connectivity index (χ3n) is 5.74. The number of rotatable bonds is 8. The molecule has 2 unspecified atom stereocenters. The van der Waals surface area contributed by atoms with Gasteiger partial charge in [0.05, 0.1) is 12.1 Å². The van der Waals surface area contributed by atoms with Gasteiger partial charge in [-0.2, -0.15) is 0 Å². The number of fused-ring (bicyclic) bond motifs is 1. The molecule has 1 heterocycles. The van der Waals surface area contributed by atoms with Gasteiger partial charge in [-0.05, 0) is 41.4 Å². The van der Waals surface area contributed by atoms with Gasteiger partial charge in [0.1, 0.15) is 0 Å². The predicted octanol–water partition coefficient (Wildman–Crippen LogP) is 3.63. The van der Waals surface area contributed by atoms with Crippen LogP contribution < -0.4 is 11.1 Å². The van der Waals surface area contributed by atoms with Crippen LogP contribution in [0.1, 0.15) is 34.1 Å². The van der Waals surface area contributed by atoms with Crippen molar-refractivity contribution in [3.8, 4) is 0 Å². The Morgan fingerprint density at radius 2 is 1.96 bits per heavy atom. The van der Waals surface area contributed by atoms with Crippen molar-refractivity contribution in [2.24, 2.45) is 28.9 Å². The van der Waals surface area contributed by atoms with Crippen LogP contribution in [-0.4, -0.2) is 23.5 Å². The molecular weight excluding hydrogens is 282 g/mol. The molecule has 0 amide bonds. The first-order valence-electron chi connectivity index (χ1n) is 8.58. The fourth-order valence-corrected chi connectivity index (χ4v) is 4.21. The molecule has 0 bridgehead atoms. The standard InChI is InChI=1S/C20H33N3/c1-9-23-11-16-18(20(16,7)8)19(23)15(6)22-17(10-12(2)3)13(4)14(5)21/h9,12,16-19,22H,1,4-6,10-11,21H2,2-3,7-8H3/t16-,17?,18-,19?/m0/s1. The number of likely N-dealkylation sites (tertiary alicyclic amines) is 1. The molecule has 2 rings (SSSR count). The van der Waals surface area contributed by atoms with Crippen LogP contribution in [-0.2, 0) is 0 Å². The quantitative estimate of drug-likeness (QED) is 0.672. The molecule has 0 aromatic rings. The van der Waals surface area contributed by atoms with Crippen LogP contribution in [0.4, 0.5) is 0 Å². The van der Waals surface area contributed by atoms with E-state index in [0.717, 1.165) is 30.2 Å². The zero-order chi connectivity index (χ0) is 17.5. The number of hydrogen-bond donors (Lipinski definition) is 2. The Kier molecular flexibility index (Phi) is 4.70. The lowest BCUT2D eigenvalue weighted by atomic mass is 9.94. The summed E-state index contributed by atoms with van der Waals surface area (Å²) in [5, 5.41) is 3.61. The summed E-state index contributed by atoms with van der Waals surface area (Å²) in [5.41, 5.74) is 8.75. The van der Waals surface area contributed by atoms with Crippen molar-refractivity contribution in [3.05, 3.63) is 49.5 Å². The van der Waals surface area contributed by atoms with Crippen molar-refractivity contribution < 1.29 is 0 Å². The highest BCUT2D eigenvalue weighted by Gasteiger charge is 2.66. The van der Waals surface area contributed by atoms with Crippen molar-refractivity contribution in [2.75, 3.05) is 6.54 Å². The maximum atomic E-state index is 5.88. The fraction of sp³-hybridized carbons (Fsp3) is 0.600. The molecule has 128 valence electrons. The molecule has 4 atom stereocenters. The predicted molar refractivity (Wildman–Crippen MR) is 99.4 cm³/mol. The summed E-state index contributed by atoms with van der Waals surface area (Å²) in [6.45, 7) is 26.5. The van der Waals surface area contributed by atoms with E-state index in [1.165, 1.54) is 0 Å². The Morgan fingerprint density at radius 3 is 2.43 bits per heavy atom. The molecule has 2 fully saturated rings. The van der Waals surface area contributed by atoms with Gasteiger partial charge in [0.25, 0.3) is 0 Å². The minimum Gasteiger partial charge on any atom is -0.399 e. The summed E-state index contributed by atoms with van der Waals surface area (Å²) in [6.07, 6.45) is 2.92. The van der Waals surface area contributed by atoms with Crippen LogP contribution in [0.5, 0.6) is 0 Å². The topological polar surface area (TPSA) is 41.3 Å². The van der Waals surface area contributed by atoms with E-state index in [1.54, 1.807) is 0 Å². The molecule has 1 saturated heterocycles. The Labute approximate surface area is 142 Å². The van der Waals surface area contributed by atoms with Gasteiger partial charge in [-0.3, -0.25) is 0 Å². The van der Waals surface area contributed by atoms with Gasteiger partial charge in [0.2, 0.25) is 0 Å². The number of hydrogen-bond acceptors (Lipinski definition) is 3. The van der Waals surface area contributed by atoms with Crippen molar-refractivity contribution >= 4 is 0 Å². The molecule has 0 spiro atoms. The SMILES string of the molecule is C=CN1C[C@H]2[C@@H](C1C(=C)NC(CC(C)C)C(=C)C(=C)N)C2(C)C. The first-order valence-corrected chi connectivity index (χ1v) is 8.58. The Bertz CT molecular complexity index is 529. The van der Waals surface area contributed by atoms with Crippen molar-refractivity contribution in [1.29, 1.82) is 0 Å². The van der Waals surface area contributed by atoms with E-state index < -0.39 is 0 Å². The van der Waals surface area contributed by atoms with Crippen LogP contribution >= 0.6 is 0 Å². The zero-order valence-electron chi connectivity index (χ0n) is 15.2. The summed E-state index contributed by atoms with van der Waals surface area (Å²) in [4.78, 5) is 2.32. The molecule has 3 N–H and O–H groups in total. The van der Waals surface area contributed by atoms with Gasteiger partial charge < -0.3 is 16.0 Å². The van der Waals surface area contributed by atoms with Crippen LogP contribution in [0.3, 0.4) is 0 Å². The first-order chi connectivity index (χ1) is 10.6. The van der Waals surface area contributed by atoms with Gasteiger partial charge >= 0.3 is 0 Å². The van der Waals surface area contributed by atoms with E-state index in [-0.39, 0.29) is 6.04 Å². The summed E-state index contributed by atoms with van der Waals surface area (Å²) in [7, 11) is 0. The summed E-state index contributed by atoms with van der Waals surface area (Å²) < 4.78 is 0. The lowest BCUT2D eigenvalue weighted by molar-refractivity contribution is 0.264. The molecule has 3 nitrogen and oxygen atoms in total. The second kappa shape index (κ2) is 6.10. The minimum absolute atomic E-state index is 0.0903. The van der Waals surface area contributed by atoms with Gasteiger partial charge in [0, 0.05) is 17.9 Å². The minimum atomic E-state index is 0.0903. The van der Waals surface area contributed by atoms with E-state index in [4.69, 9.17) is 5.73 Å². The lowest BCUT2D eigenvalue weighted by Crippen LogP contribution is -2.42. The zero-order valence-corrected chi connectivity index (χ0v) is 15.2. The third kappa shape index (κ3) is 3.19. The van der Waals surface area contributed by atoms with Crippen molar-refractivity contribution in [2.45, 2.75) is 46.2 Å². The summed E-state index contributed by atoms with van der Waals surface area (Å²) >= 11 is 0. The Balaban J connectivity index is 2.12. The van der Waals surface area contributed by atoms with Crippen LogP contribution in [0.15, 0.2) is 49.5 Å². The van der Waals surface area contributed by atoms with Crippen LogP contribution in [0.2, 0.25) is 0 Å². The molecular formula is C20H33N3. The number of nitrogens with zero attached hydrogens (tertiary/aromatic N) is 1. The third-order valence-corrected chi connectivity index (χ3v) is 5.74. The number of nitrogens with two attached hydrogens (primary N) is 1. The first kappa shape index (κ1) is 17.7. The van der Waals surface area contributed by atoms with E-state index >= 15 is 0 Å². The van der Waals surface area contributed by atoms with Gasteiger partial charge in [-0.15, -0.1) is 0 Å². The fourth-order valence-electron chi connectivity index (χ4n) is 4.21. The smallest absolute Gasteiger partial charge is 0.0713 e. The highest BCUT2D eigenvalue weighted by atomic mass is 15.2. The van der Waals surface area contributed by atoms with Gasteiger partial charge in [0.15, 0.2) is 0 Å². The van der Waals surface area contributed by atoms with Crippen LogP contribution in [0.25, 0.3) is 0 Å². The highest BCUT2D eigenvalue weighted by Crippen LogP contribution is 2.65. The van der Waals surface area contributed by atoms with E-state index in [0.29, 0.717) is 29.0 Å². The summed E-state index contributed by atoms with van der Waals surface area (Å²) in [5.74, 6) is 1.93. The highest BCUT2D eigenvalue weighted by molar-refractivity contribution is 5.31. The lowest BCUT2D eigenvalue weighted by Gasteiger charge is -2.34. The largest absolute Gasteiger partial charge is 0.399 e. The average molecular weight is 316 g/mol. The average Bonchev–Trinajstić information content (AvgIpc) is 2.84. The molecule has 0 aromatic heterocycles. The summed E-state index contributed by atoms with van der Waals surface area (Å²) in [6, 6.07) is 0.397. The molecule has 0 aromatic carbocycles. The van der Waals surface area contributed by atoms with Gasteiger partial charge in [-0.1, -0.05) is 54.0 Å². The molecule has 1 aliphatic carbocycles. The van der Waals surface area contributed by atoms with E-state index in [2.05, 4.69) is 64.2 Å². The monoisotopic (exact) mass is 315 g/mol. The van der Waals surface area contributed by atoms with Crippen LogP contribution in [0, 0.1) is 23.2 Å². The van der Waals surface area contributed by atoms with E-state index in [9.17, 15) is 0 Å². The maximum Gasteiger partial charge on any atom is 0.0713 e. The Hall–Kier alpha value is -1.64. The van der Waals surface area contributed by atoms with Crippen molar-refractivity contribution in [3.63, 3.8) is 0 Å². The molecule has 2 aliphatic rings. The van der Waals surface area contributed by atoms with E-state index in [1.807, 2.05) is 6.20 Å². The second-order valence-electron chi connectivity index (χ2n) is 8.18. The maximum absolute atomic E-state index is 5.88. The number of piperidine rings is 1. The normalized spacial score (nSPS) is 28.9. The molecule has 0 radical (unpaired) electrons. The number of nitrogens with one attached hydrogen (secondary N) is 1. The molecule has 23 heavy (non-hydrogen) atoms. The second-order valence-corrected chi connectivity index (χ2v) is 8.18. The molecule has 3 heteroatoms. The molecule has 1 saturated carbocycles.